The molecule has 0 bridgehead atoms. The molecule has 2 rings (SSSR count). The summed E-state index contributed by atoms with van der Waals surface area (Å²) in [5.74, 6) is 0.720. The van der Waals surface area contributed by atoms with Gasteiger partial charge >= 0.3 is 0 Å². The lowest BCUT2D eigenvalue weighted by atomic mass is 9.73. The van der Waals surface area contributed by atoms with E-state index in [1.54, 1.807) is 0 Å². The van der Waals surface area contributed by atoms with Gasteiger partial charge in [-0.1, -0.05) is 51.0 Å². The van der Waals surface area contributed by atoms with Gasteiger partial charge in [0.15, 0.2) is 0 Å². The first kappa shape index (κ1) is 15.5. The van der Waals surface area contributed by atoms with Crippen molar-refractivity contribution in [1.29, 1.82) is 0 Å². The SMILES string of the molecule is CCc1ccc(CC(N)C2(OC)CCCC(C)C2)cc1. The number of nitrogens with two attached hydrogens (primary N) is 1. The van der Waals surface area contributed by atoms with Crippen molar-refractivity contribution >= 4 is 0 Å². The third kappa shape index (κ3) is 3.42. The molecule has 3 atom stereocenters. The molecular weight excluding hydrogens is 246 g/mol. The van der Waals surface area contributed by atoms with Crippen LogP contribution in [0.4, 0.5) is 0 Å². The summed E-state index contributed by atoms with van der Waals surface area (Å²) in [6, 6.07) is 8.95. The Bertz CT molecular complexity index is 414. The normalized spacial score (nSPS) is 28.3. The van der Waals surface area contributed by atoms with Crippen LogP contribution < -0.4 is 5.73 Å². The van der Waals surface area contributed by atoms with Crippen LogP contribution in [-0.2, 0) is 17.6 Å². The van der Waals surface area contributed by atoms with Crippen molar-refractivity contribution in [3.8, 4) is 0 Å². The van der Waals surface area contributed by atoms with Crippen molar-refractivity contribution in [2.24, 2.45) is 11.7 Å². The quantitative estimate of drug-likeness (QED) is 0.889. The van der Waals surface area contributed by atoms with E-state index >= 15 is 0 Å². The van der Waals surface area contributed by atoms with Crippen LogP contribution in [0.1, 0.15) is 50.7 Å². The molecule has 2 heteroatoms. The Balaban J connectivity index is 2.06. The Hall–Kier alpha value is -0.860. The Kier molecular flexibility index (Phi) is 5.22. The fourth-order valence-corrected chi connectivity index (χ4v) is 3.57. The van der Waals surface area contributed by atoms with Crippen LogP contribution in [0.25, 0.3) is 0 Å². The molecule has 0 amide bonds. The van der Waals surface area contributed by atoms with Crippen molar-refractivity contribution in [2.45, 2.75) is 64.0 Å². The smallest absolute Gasteiger partial charge is 0.0834 e. The third-order valence-electron chi connectivity index (χ3n) is 4.96. The molecule has 20 heavy (non-hydrogen) atoms. The molecule has 1 aliphatic carbocycles. The van der Waals surface area contributed by atoms with E-state index in [2.05, 4.69) is 38.1 Å². The topological polar surface area (TPSA) is 35.2 Å². The summed E-state index contributed by atoms with van der Waals surface area (Å²) in [4.78, 5) is 0. The summed E-state index contributed by atoms with van der Waals surface area (Å²) in [5.41, 5.74) is 9.12. The van der Waals surface area contributed by atoms with E-state index < -0.39 is 0 Å². The van der Waals surface area contributed by atoms with Crippen molar-refractivity contribution in [3.05, 3.63) is 35.4 Å². The van der Waals surface area contributed by atoms with Gasteiger partial charge in [-0.05, 0) is 42.7 Å². The highest BCUT2D eigenvalue weighted by Gasteiger charge is 2.40. The summed E-state index contributed by atoms with van der Waals surface area (Å²) in [5, 5.41) is 0. The van der Waals surface area contributed by atoms with Gasteiger partial charge in [0, 0.05) is 13.2 Å². The molecule has 112 valence electrons. The highest BCUT2D eigenvalue weighted by molar-refractivity contribution is 5.23. The highest BCUT2D eigenvalue weighted by Crippen LogP contribution is 2.37. The standard InChI is InChI=1S/C18H29NO/c1-4-15-7-9-16(10-8-15)12-17(19)18(20-3)11-5-6-14(2)13-18/h7-10,14,17H,4-6,11-13,19H2,1-3H3. The summed E-state index contributed by atoms with van der Waals surface area (Å²) >= 11 is 0. The van der Waals surface area contributed by atoms with E-state index in [-0.39, 0.29) is 11.6 Å². The van der Waals surface area contributed by atoms with E-state index in [4.69, 9.17) is 10.5 Å². The molecule has 1 aromatic carbocycles. The average Bonchev–Trinajstić information content (AvgIpc) is 2.47. The maximum absolute atomic E-state index is 6.53. The van der Waals surface area contributed by atoms with Crippen LogP contribution in [-0.4, -0.2) is 18.8 Å². The largest absolute Gasteiger partial charge is 0.377 e. The Morgan fingerprint density at radius 1 is 1.30 bits per heavy atom. The second-order valence-corrected chi connectivity index (χ2v) is 6.45. The number of methoxy groups -OCH3 is 1. The molecule has 2 N–H and O–H groups in total. The van der Waals surface area contributed by atoms with Gasteiger partial charge in [0.05, 0.1) is 5.60 Å². The lowest BCUT2D eigenvalue weighted by Gasteiger charge is -2.43. The van der Waals surface area contributed by atoms with Crippen molar-refractivity contribution < 1.29 is 4.74 Å². The van der Waals surface area contributed by atoms with Gasteiger partial charge in [0.25, 0.3) is 0 Å². The van der Waals surface area contributed by atoms with Crippen LogP contribution in [0.5, 0.6) is 0 Å². The van der Waals surface area contributed by atoms with Crippen LogP contribution in [0, 0.1) is 5.92 Å². The molecule has 3 unspecified atom stereocenters. The molecule has 0 aromatic heterocycles. The van der Waals surface area contributed by atoms with E-state index in [9.17, 15) is 0 Å². The number of hydrogen-bond acceptors (Lipinski definition) is 2. The zero-order chi connectivity index (χ0) is 14.6. The first-order valence-electron chi connectivity index (χ1n) is 7.98. The van der Waals surface area contributed by atoms with Gasteiger partial charge in [0.1, 0.15) is 0 Å². The van der Waals surface area contributed by atoms with Crippen LogP contribution in [0.15, 0.2) is 24.3 Å². The lowest BCUT2D eigenvalue weighted by molar-refractivity contribution is -0.0705. The van der Waals surface area contributed by atoms with Crippen LogP contribution in [0.3, 0.4) is 0 Å². The van der Waals surface area contributed by atoms with Gasteiger partial charge in [-0.2, -0.15) is 0 Å². The van der Waals surface area contributed by atoms with E-state index in [1.807, 2.05) is 7.11 Å². The molecule has 1 fully saturated rings. The monoisotopic (exact) mass is 275 g/mol. The minimum absolute atomic E-state index is 0.0859. The Morgan fingerprint density at radius 3 is 2.50 bits per heavy atom. The predicted molar refractivity (Wildman–Crippen MR) is 84.9 cm³/mol. The fraction of sp³-hybridized carbons (Fsp3) is 0.667. The molecule has 1 saturated carbocycles. The molecule has 0 heterocycles. The summed E-state index contributed by atoms with van der Waals surface area (Å²) < 4.78 is 5.90. The molecule has 1 aromatic rings. The minimum Gasteiger partial charge on any atom is -0.377 e. The molecule has 0 saturated heterocycles. The van der Waals surface area contributed by atoms with Gasteiger partial charge in [-0.25, -0.2) is 0 Å². The van der Waals surface area contributed by atoms with Crippen molar-refractivity contribution in [2.75, 3.05) is 7.11 Å². The van der Waals surface area contributed by atoms with Crippen molar-refractivity contribution in [3.63, 3.8) is 0 Å². The van der Waals surface area contributed by atoms with E-state index in [0.29, 0.717) is 0 Å². The van der Waals surface area contributed by atoms with Gasteiger partial charge < -0.3 is 10.5 Å². The first-order valence-corrected chi connectivity index (χ1v) is 7.98. The number of aryl methyl sites for hydroxylation is 1. The number of ether oxygens (including phenoxy) is 1. The molecular formula is C18H29NO. The second-order valence-electron chi connectivity index (χ2n) is 6.45. The van der Waals surface area contributed by atoms with Gasteiger partial charge in [-0.15, -0.1) is 0 Å². The molecule has 0 radical (unpaired) electrons. The molecule has 0 aliphatic heterocycles. The number of benzene rings is 1. The van der Waals surface area contributed by atoms with Gasteiger partial charge in [-0.3, -0.25) is 0 Å². The minimum atomic E-state index is -0.124. The van der Waals surface area contributed by atoms with Crippen LogP contribution >= 0.6 is 0 Å². The maximum atomic E-state index is 6.53. The first-order chi connectivity index (χ1) is 9.59. The zero-order valence-electron chi connectivity index (χ0n) is 13.2. The molecule has 0 spiro atoms. The Morgan fingerprint density at radius 2 is 1.95 bits per heavy atom. The predicted octanol–water partition coefficient (Wildman–Crippen LogP) is 3.71. The van der Waals surface area contributed by atoms with E-state index in [1.165, 1.54) is 24.0 Å². The second kappa shape index (κ2) is 6.73. The molecule has 1 aliphatic rings. The third-order valence-corrected chi connectivity index (χ3v) is 4.96. The zero-order valence-corrected chi connectivity index (χ0v) is 13.2. The highest BCUT2D eigenvalue weighted by atomic mass is 16.5. The summed E-state index contributed by atoms with van der Waals surface area (Å²) in [6.07, 6.45) is 6.73. The van der Waals surface area contributed by atoms with E-state index in [0.717, 1.165) is 31.6 Å². The number of hydrogen-bond donors (Lipinski definition) is 1. The molecule has 2 nitrogen and oxygen atoms in total. The summed E-state index contributed by atoms with van der Waals surface area (Å²) in [6.45, 7) is 4.50. The maximum Gasteiger partial charge on any atom is 0.0834 e. The van der Waals surface area contributed by atoms with Crippen molar-refractivity contribution in [1.82, 2.24) is 0 Å². The Labute approximate surface area is 123 Å². The summed E-state index contributed by atoms with van der Waals surface area (Å²) in [7, 11) is 1.83. The lowest BCUT2D eigenvalue weighted by Crippen LogP contribution is -2.53. The van der Waals surface area contributed by atoms with Gasteiger partial charge in [0.2, 0.25) is 0 Å². The fourth-order valence-electron chi connectivity index (χ4n) is 3.57. The average molecular weight is 275 g/mol. The van der Waals surface area contributed by atoms with Crippen LogP contribution in [0.2, 0.25) is 0 Å². The number of rotatable bonds is 5.